The Balaban J connectivity index is 4.47. The van der Waals surface area contributed by atoms with Gasteiger partial charge in [0.05, 0.1) is 0 Å². The van der Waals surface area contributed by atoms with Gasteiger partial charge in [-0.25, -0.2) is 4.79 Å². The van der Waals surface area contributed by atoms with E-state index in [1.165, 1.54) is 27.7 Å². The van der Waals surface area contributed by atoms with Crippen LogP contribution in [0.25, 0.3) is 0 Å². The van der Waals surface area contributed by atoms with Crippen LogP contribution in [0.15, 0.2) is 0 Å². The lowest BCUT2D eigenvalue weighted by Gasteiger charge is -2.25. The van der Waals surface area contributed by atoms with Crippen LogP contribution in [-0.4, -0.2) is 28.2 Å². The molecule has 0 rings (SSSR count). The molecular formula is C8H15NO4. The molecule has 1 amide bonds. The molecule has 0 aromatic rings. The molecule has 5 nitrogen and oxygen atoms in total. The largest absolute Gasteiger partial charge is 0.447 e. The van der Waals surface area contributed by atoms with Crippen molar-refractivity contribution in [3.8, 4) is 0 Å². The standard InChI is InChI=1S/C8H15NO4/c1-7(2,12)6(11)13-8(3,4)5(9)10/h12H,1-4H3,(H2,9,10). The maximum Gasteiger partial charge on any atom is 0.338 e. The van der Waals surface area contributed by atoms with Gasteiger partial charge in [0.15, 0.2) is 11.2 Å². The van der Waals surface area contributed by atoms with Crippen molar-refractivity contribution in [1.82, 2.24) is 0 Å². The minimum absolute atomic E-state index is 0.759. The monoisotopic (exact) mass is 189 g/mol. The van der Waals surface area contributed by atoms with E-state index < -0.39 is 23.1 Å². The number of primary amides is 1. The summed E-state index contributed by atoms with van der Waals surface area (Å²) >= 11 is 0. The van der Waals surface area contributed by atoms with Gasteiger partial charge in [-0.15, -0.1) is 0 Å². The molecule has 0 radical (unpaired) electrons. The van der Waals surface area contributed by atoms with Gasteiger partial charge < -0.3 is 15.6 Å². The van der Waals surface area contributed by atoms with Crippen LogP contribution in [0, 0.1) is 0 Å². The number of rotatable bonds is 3. The Labute approximate surface area is 76.9 Å². The first-order valence-corrected chi connectivity index (χ1v) is 3.83. The molecule has 0 unspecified atom stereocenters. The summed E-state index contributed by atoms with van der Waals surface area (Å²) in [5.41, 5.74) is 1.95. The molecule has 0 aliphatic carbocycles. The van der Waals surface area contributed by atoms with Crippen LogP contribution in [0.3, 0.4) is 0 Å². The minimum Gasteiger partial charge on any atom is -0.447 e. The summed E-state index contributed by atoms with van der Waals surface area (Å²) in [6.07, 6.45) is 0. The number of hydrogen-bond acceptors (Lipinski definition) is 4. The van der Waals surface area contributed by atoms with Crippen molar-refractivity contribution in [2.24, 2.45) is 5.73 Å². The minimum atomic E-state index is -1.62. The SMILES string of the molecule is CC(C)(O)C(=O)OC(C)(C)C(N)=O. The van der Waals surface area contributed by atoms with Crippen molar-refractivity contribution in [3.63, 3.8) is 0 Å². The van der Waals surface area contributed by atoms with E-state index >= 15 is 0 Å². The average molecular weight is 189 g/mol. The third-order valence-corrected chi connectivity index (χ3v) is 1.44. The molecule has 0 spiro atoms. The Morgan fingerprint density at radius 2 is 1.62 bits per heavy atom. The highest BCUT2D eigenvalue weighted by atomic mass is 16.6. The first kappa shape index (κ1) is 11.9. The predicted molar refractivity (Wildman–Crippen MR) is 45.7 cm³/mol. The summed E-state index contributed by atoms with van der Waals surface area (Å²) in [5.74, 6) is -1.64. The number of ether oxygens (including phenoxy) is 1. The second kappa shape index (κ2) is 3.33. The molecule has 0 bridgehead atoms. The molecular weight excluding hydrogens is 174 g/mol. The van der Waals surface area contributed by atoms with Gasteiger partial charge in [-0.1, -0.05) is 0 Å². The van der Waals surface area contributed by atoms with Crippen LogP contribution in [0.5, 0.6) is 0 Å². The van der Waals surface area contributed by atoms with Crippen LogP contribution in [0.1, 0.15) is 27.7 Å². The fourth-order valence-electron chi connectivity index (χ4n) is 0.407. The van der Waals surface area contributed by atoms with Gasteiger partial charge >= 0.3 is 5.97 Å². The van der Waals surface area contributed by atoms with Crippen molar-refractivity contribution in [2.75, 3.05) is 0 Å². The van der Waals surface area contributed by atoms with Crippen molar-refractivity contribution in [3.05, 3.63) is 0 Å². The number of esters is 1. The summed E-state index contributed by atoms with van der Waals surface area (Å²) in [7, 11) is 0. The quantitative estimate of drug-likeness (QED) is 0.589. The Morgan fingerprint density at radius 1 is 1.23 bits per heavy atom. The van der Waals surface area contributed by atoms with E-state index in [-0.39, 0.29) is 0 Å². The van der Waals surface area contributed by atoms with Gasteiger partial charge in [0.2, 0.25) is 0 Å². The topological polar surface area (TPSA) is 89.6 Å². The average Bonchev–Trinajstić information content (AvgIpc) is 1.83. The highest BCUT2D eigenvalue weighted by Gasteiger charge is 2.35. The first-order chi connectivity index (χ1) is 5.57. The van der Waals surface area contributed by atoms with Crippen LogP contribution in [0.4, 0.5) is 0 Å². The fraction of sp³-hybridized carbons (Fsp3) is 0.750. The van der Waals surface area contributed by atoms with E-state index in [2.05, 4.69) is 0 Å². The van der Waals surface area contributed by atoms with Crippen LogP contribution >= 0.6 is 0 Å². The number of nitrogens with two attached hydrogens (primary N) is 1. The van der Waals surface area contributed by atoms with Gasteiger partial charge in [0, 0.05) is 0 Å². The maximum absolute atomic E-state index is 11.1. The molecule has 3 N–H and O–H groups in total. The molecule has 0 heterocycles. The van der Waals surface area contributed by atoms with Gasteiger partial charge in [0.1, 0.15) is 0 Å². The lowest BCUT2D eigenvalue weighted by molar-refractivity contribution is -0.178. The summed E-state index contributed by atoms with van der Waals surface area (Å²) in [4.78, 5) is 21.9. The molecule has 0 atom stereocenters. The van der Waals surface area contributed by atoms with Crippen LogP contribution in [-0.2, 0) is 14.3 Å². The van der Waals surface area contributed by atoms with Gasteiger partial charge in [-0.05, 0) is 27.7 Å². The van der Waals surface area contributed by atoms with Gasteiger partial charge in [0.25, 0.3) is 5.91 Å². The zero-order valence-electron chi connectivity index (χ0n) is 8.25. The molecule has 0 saturated heterocycles. The first-order valence-electron chi connectivity index (χ1n) is 3.83. The molecule has 76 valence electrons. The molecule has 0 fully saturated rings. The third kappa shape index (κ3) is 3.42. The Hall–Kier alpha value is -1.10. The second-order valence-corrected chi connectivity index (χ2v) is 3.82. The van der Waals surface area contributed by atoms with E-state index in [1.54, 1.807) is 0 Å². The Kier molecular flexibility index (Phi) is 3.05. The third-order valence-electron chi connectivity index (χ3n) is 1.44. The van der Waals surface area contributed by atoms with Crippen molar-refractivity contribution in [2.45, 2.75) is 38.9 Å². The number of carbonyl (C=O) groups excluding carboxylic acids is 2. The number of amides is 1. The van der Waals surface area contributed by atoms with E-state index in [0.717, 1.165) is 0 Å². The lowest BCUT2D eigenvalue weighted by Crippen LogP contribution is -2.46. The zero-order valence-corrected chi connectivity index (χ0v) is 8.25. The number of hydrogen-bond donors (Lipinski definition) is 2. The van der Waals surface area contributed by atoms with Gasteiger partial charge in [-0.2, -0.15) is 0 Å². The van der Waals surface area contributed by atoms with Gasteiger partial charge in [-0.3, -0.25) is 4.79 Å². The summed E-state index contributed by atoms with van der Waals surface area (Å²) < 4.78 is 4.70. The fourth-order valence-corrected chi connectivity index (χ4v) is 0.407. The smallest absolute Gasteiger partial charge is 0.338 e. The predicted octanol–water partition coefficient (Wildman–Crippen LogP) is -0.436. The van der Waals surface area contributed by atoms with Crippen molar-refractivity contribution < 1.29 is 19.4 Å². The number of carbonyl (C=O) groups is 2. The highest BCUT2D eigenvalue weighted by molar-refractivity contribution is 5.87. The summed E-state index contributed by atoms with van der Waals surface area (Å²) in [6, 6.07) is 0. The molecule has 0 aromatic heterocycles. The van der Waals surface area contributed by atoms with E-state index in [0.29, 0.717) is 0 Å². The molecule has 0 aromatic carbocycles. The lowest BCUT2D eigenvalue weighted by atomic mass is 10.1. The molecule has 0 saturated carbocycles. The summed E-state index contributed by atoms with van der Waals surface area (Å²) in [6.45, 7) is 5.26. The molecule has 0 aliphatic rings. The van der Waals surface area contributed by atoms with Crippen LogP contribution < -0.4 is 5.73 Å². The maximum atomic E-state index is 11.1. The Morgan fingerprint density at radius 3 is 1.85 bits per heavy atom. The Bertz CT molecular complexity index is 227. The van der Waals surface area contributed by atoms with Crippen molar-refractivity contribution in [1.29, 1.82) is 0 Å². The summed E-state index contributed by atoms with van der Waals surface area (Å²) in [5, 5.41) is 9.20. The molecule has 5 heteroatoms. The zero-order chi connectivity index (χ0) is 10.9. The van der Waals surface area contributed by atoms with Crippen molar-refractivity contribution >= 4 is 11.9 Å². The second-order valence-electron chi connectivity index (χ2n) is 3.82. The van der Waals surface area contributed by atoms with E-state index in [1.807, 2.05) is 0 Å². The van der Waals surface area contributed by atoms with E-state index in [4.69, 9.17) is 10.5 Å². The molecule has 13 heavy (non-hydrogen) atoms. The normalized spacial score (nSPS) is 12.4. The molecule has 0 aliphatic heterocycles. The van der Waals surface area contributed by atoms with Crippen LogP contribution in [0.2, 0.25) is 0 Å². The number of aliphatic hydroxyl groups is 1. The highest BCUT2D eigenvalue weighted by Crippen LogP contribution is 2.13. The van der Waals surface area contributed by atoms with E-state index in [9.17, 15) is 14.7 Å².